The molecular formula is C40H52N2O10. The summed E-state index contributed by atoms with van der Waals surface area (Å²) in [6.45, 7) is 15.7. The van der Waals surface area contributed by atoms with E-state index in [1.54, 1.807) is 20.8 Å². The lowest BCUT2D eigenvalue weighted by Gasteiger charge is -2.29. The van der Waals surface area contributed by atoms with Crippen molar-refractivity contribution in [2.75, 3.05) is 6.54 Å². The number of aliphatic carboxylic acids is 1. The van der Waals surface area contributed by atoms with E-state index in [1.807, 2.05) is 63.3 Å². The molecule has 0 radical (unpaired) electrons. The Morgan fingerprint density at radius 2 is 1.56 bits per heavy atom. The standard InChI is InChI=1S/C40H52N2O10/c1-9-40(8,25-41-38(49)52-39(5,6)7)37(48)51-32(24-26(2)3)36(47)50-31(27(4)18-19-28-14-11-10-12-15-28)16-13-17-33(44)42-34(35(45)46)29-20-22-30(43)23-21-29/h9-15,17-23,26-27,31-32,34,43H,1,16,24-25H2,2-8H3,(H,41,49)(H,42,44)(H,45,46)/b17-13+,19-18+/t27-,31+,32+,34-,40+/m1/s1. The van der Waals surface area contributed by atoms with Gasteiger partial charge in [-0.05, 0) is 69.4 Å². The summed E-state index contributed by atoms with van der Waals surface area (Å²) in [6.07, 6.45) is 5.03. The molecule has 5 atom stereocenters. The number of carboxylic acid groups (broad SMARTS) is 1. The predicted octanol–water partition coefficient (Wildman–Crippen LogP) is 6.52. The first-order valence-corrected chi connectivity index (χ1v) is 17.1. The van der Waals surface area contributed by atoms with Crippen molar-refractivity contribution in [3.05, 3.63) is 96.6 Å². The first kappa shape index (κ1) is 42.8. The van der Waals surface area contributed by atoms with Crippen LogP contribution in [0.15, 0.2) is 85.5 Å². The van der Waals surface area contributed by atoms with Crippen LogP contribution in [0.25, 0.3) is 6.08 Å². The number of carbonyl (C=O) groups is 5. The smallest absolute Gasteiger partial charge is 0.407 e. The topological polar surface area (TPSA) is 178 Å². The summed E-state index contributed by atoms with van der Waals surface area (Å²) in [4.78, 5) is 64.1. The molecule has 0 saturated carbocycles. The van der Waals surface area contributed by atoms with E-state index in [4.69, 9.17) is 14.2 Å². The highest BCUT2D eigenvalue weighted by Crippen LogP contribution is 2.25. The second kappa shape index (κ2) is 19.9. The molecule has 0 unspecified atom stereocenters. The number of benzene rings is 2. The molecule has 282 valence electrons. The van der Waals surface area contributed by atoms with Gasteiger partial charge in [0, 0.05) is 18.9 Å². The van der Waals surface area contributed by atoms with Crippen molar-refractivity contribution in [1.29, 1.82) is 0 Å². The van der Waals surface area contributed by atoms with Gasteiger partial charge in [0.25, 0.3) is 0 Å². The fourth-order valence-corrected chi connectivity index (χ4v) is 4.68. The molecule has 0 spiro atoms. The summed E-state index contributed by atoms with van der Waals surface area (Å²) >= 11 is 0. The minimum absolute atomic E-state index is 0.0505. The van der Waals surface area contributed by atoms with Crippen molar-refractivity contribution in [3.8, 4) is 5.75 Å². The Balaban J connectivity index is 2.27. The second-order valence-electron chi connectivity index (χ2n) is 14.1. The van der Waals surface area contributed by atoms with E-state index in [1.165, 1.54) is 43.3 Å². The molecule has 0 fully saturated rings. The van der Waals surface area contributed by atoms with Crippen LogP contribution in [0.4, 0.5) is 4.79 Å². The Bertz CT molecular complexity index is 1580. The van der Waals surface area contributed by atoms with Gasteiger partial charge in [0.1, 0.15) is 22.9 Å². The summed E-state index contributed by atoms with van der Waals surface area (Å²) < 4.78 is 17.0. The highest BCUT2D eigenvalue weighted by Gasteiger charge is 2.38. The molecule has 0 heterocycles. The molecule has 0 saturated heterocycles. The third kappa shape index (κ3) is 14.8. The van der Waals surface area contributed by atoms with Gasteiger partial charge >= 0.3 is 24.0 Å². The van der Waals surface area contributed by atoms with Crippen molar-refractivity contribution >= 4 is 36.0 Å². The van der Waals surface area contributed by atoms with Gasteiger partial charge in [-0.3, -0.25) is 9.59 Å². The Hall–Kier alpha value is -5.39. The number of amides is 2. The zero-order valence-corrected chi connectivity index (χ0v) is 31.0. The number of nitrogens with one attached hydrogen (secondary N) is 2. The predicted molar refractivity (Wildman–Crippen MR) is 197 cm³/mol. The average molecular weight is 721 g/mol. The fourth-order valence-electron chi connectivity index (χ4n) is 4.68. The maximum Gasteiger partial charge on any atom is 0.407 e. The lowest BCUT2D eigenvalue weighted by Crippen LogP contribution is -2.45. The molecule has 12 nitrogen and oxygen atoms in total. The molecule has 2 aromatic rings. The van der Waals surface area contributed by atoms with Crippen molar-refractivity contribution < 1.29 is 48.4 Å². The van der Waals surface area contributed by atoms with Crippen molar-refractivity contribution in [2.24, 2.45) is 17.3 Å². The molecule has 0 aliphatic carbocycles. The van der Waals surface area contributed by atoms with Crippen molar-refractivity contribution in [1.82, 2.24) is 10.6 Å². The molecule has 0 aromatic heterocycles. The number of aromatic hydroxyl groups is 1. The van der Waals surface area contributed by atoms with Crippen LogP contribution in [0.1, 0.15) is 78.5 Å². The Morgan fingerprint density at radius 3 is 2.12 bits per heavy atom. The molecule has 2 rings (SSSR count). The third-order valence-corrected chi connectivity index (χ3v) is 7.76. The van der Waals surface area contributed by atoms with Crippen LogP contribution in [0.5, 0.6) is 5.75 Å². The Morgan fingerprint density at radius 1 is 0.923 bits per heavy atom. The van der Waals surface area contributed by atoms with Gasteiger partial charge in [-0.1, -0.05) is 87.5 Å². The molecule has 0 aliphatic rings. The van der Waals surface area contributed by atoms with Crippen LogP contribution in [-0.2, 0) is 33.4 Å². The SMILES string of the molecule is C=C[C@@](C)(CNC(=O)OC(C)(C)C)C(=O)O[C@@H](CC(C)C)C(=O)O[C@@H](C/C=C/C(=O)N[C@@H](C(=O)O)c1ccc(O)cc1)[C@H](C)/C=C/c1ccccc1. The van der Waals surface area contributed by atoms with Crippen LogP contribution in [0, 0.1) is 17.3 Å². The molecule has 2 amide bonds. The summed E-state index contributed by atoms with van der Waals surface area (Å²) in [5.74, 6) is -4.10. The van der Waals surface area contributed by atoms with Crippen LogP contribution >= 0.6 is 0 Å². The third-order valence-electron chi connectivity index (χ3n) is 7.76. The number of phenols is 1. The van der Waals surface area contributed by atoms with Gasteiger partial charge in [0.2, 0.25) is 5.91 Å². The average Bonchev–Trinajstić information content (AvgIpc) is 3.07. The number of alkyl carbamates (subject to hydrolysis) is 1. The first-order chi connectivity index (χ1) is 24.3. The lowest BCUT2D eigenvalue weighted by molar-refractivity contribution is -0.177. The second-order valence-corrected chi connectivity index (χ2v) is 14.1. The van der Waals surface area contributed by atoms with E-state index >= 15 is 0 Å². The number of carboxylic acids is 1. The Kier molecular flexibility index (Phi) is 16.3. The highest BCUT2D eigenvalue weighted by molar-refractivity contribution is 5.91. The van der Waals surface area contributed by atoms with Gasteiger partial charge in [-0.2, -0.15) is 0 Å². The summed E-state index contributed by atoms with van der Waals surface area (Å²) in [6, 6.07) is 13.5. The number of esters is 2. The first-order valence-electron chi connectivity index (χ1n) is 17.1. The molecule has 12 heteroatoms. The van der Waals surface area contributed by atoms with Gasteiger partial charge in [-0.15, -0.1) is 6.58 Å². The Labute approximate surface area is 305 Å². The number of carbonyl (C=O) groups excluding carboxylic acids is 4. The molecular weight excluding hydrogens is 668 g/mol. The monoisotopic (exact) mass is 720 g/mol. The van der Waals surface area contributed by atoms with Gasteiger partial charge < -0.3 is 35.1 Å². The maximum atomic E-state index is 13.7. The van der Waals surface area contributed by atoms with Crippen LogP contribution in [0.3, 0.4) is 0 Å². The molecule has 4 N–H and O–H groups in total. The molecule has 0 aliphatic heterocycles. The van der Waals surface area contributed by atoms with E-state index in [2.05, 4.69) is 17.2 Å². The maximum absolute atomic E-state index is 13.7. The van der Waals surface area contributed by atoms with E-state index in [0.29, 0.717) is 0 Å². The van der Waals surface area contributed by atoms with Crippen LogP contribution in [0.2, 0.25) is 0 Å². The van der Waals surface area contributed by atoms with Gasteiger partial charge in [-0.25, -0.2) is 14.4 Å². The van der Waals surface area contributed by atoms with Gasteiger partial charge in [0.15, 0.2) is 12.1 Å². The highest BCUT2D eigenvalue weighted by atomic mass is 16.6. The van der Waals surface area contributed by atoms with Crippen molar-refractivity contribution in [2.45, 2.75) is 85.2 Å². The van der Waals surface area contributed by atoms with E-state index in [-0.39, 0.29) is 42.5 Å². The van der Waals surface area contributed by atoms with Gasteiger partial charge in [0.05, 0.1) is 0 Å². The number of ether oxygens (including phenoxy) is 3. The zero-order chi connectivity index (χ0) is 39.1. The fraction of sp³-hybridized carbons (Fsp3) is 0.425. The zero-order valence-electron chi connectivity index (χ0n) is 31.0. The van der Waals surface area contributed by atoms with Crippen LogP contribution < -0.4 is 10.6 Å². The quantitative estimate of drug-likeness (QED) is 0.0574. The van der Waals surface area contributed by atoms with E-state index in [0.717, 1.165) is 11.6 Å². The lowest BCUT2D eigenvalue weighted by atomic mass is 9.90. The van der Waals surface area contributed by atoms with E-state index < -0.39 is 59.2 Å². The number of rotatable bonds is 18. The molecule has 52 heavy (non-hydrogen) atoms. The largest absolute Gasteiger partial charge is 0.508 e. The summed E-state index contributed by atoms with van der Waals surface area (Å²) in [5.41, 5.74) is -0.975. The van der Waals surface area contributed by atoms with Crippen molar-refractivity contribution in [3.63, 3.8) is 0 Å². The minimum atomic E-state index is -1.40. The number of hydrogen-bond acceptors (Lipinski definition) is 9. The van der Waals surface area contributed by atoms with Crippen LogP contribution in [-0.4, -0.2) is 64.5 Å². The number of hydrogen-bond donors (Lipinski definition) is 4. The molecule has 2 aromatic carbocycles. The minimum Gasteiger partial charge on any atom is -0.508 e. The summed E-state index contributed by atoms with van der Waals surface area (Å²) in [7, 11) is 0. The number of phenolic OH excluding ortho intramolecular Hbond substituents is 1. The molecule has 0 bridgehead atoms. The normalized spacial score (nSPS) is 15.2. The van der Waals surface area contributed by atoms with E-state index in [9.17, 15) is 34.2 Å². The summed E-state index contributed by atoms with van der Waals surface area (Å²) in [5, 5.41) is 24.2.